The number of nitrogen functional groups attached to an aromatic ring is 1. The van der Waals surface area contributed by atoms with Gasteiger partial charge in [-0.2, -0.15) is 0 Å². The van der Waals surface area contributed by atoms with Gasteiger partial charge in [-0.3, -0.25) is 4.79 Å². The van der Waals surface area contributed by atoms with Gasteiger partial charge < -0.3 is 21.1 Å². The van der Waals surface area contributed by atoms with Gasteiger partial charge >= 0.3 is 0 Å². The Morgan fingerprint density at radius 2 is 2.20 bits per heavy atom. The first-order valence-electron chi connectivity index (χ1n) is 7.01. The Balaban J connectivity index is 2.18. The molecule has 1 aliphatic carbocycles. The van der Waals surface area contributed by atoms with Crippen LogP contribution in [0, 0.1) is 5.92 Å². The number of amides is 1. The van der Waals surface area contributed by atoms with E-state index >= 15 is 0 Å². The molecule has 0 radical (unpaired) electrons. The third kappa shape index (κ3) is 3.04. The van der Waals surface area contributed by atoms with Gasteiger partial charge in [0.1, 0.15) is 0 Å². The summed E-state index contributed by atoms with van der Waals surface area (Å²) in [6.45, 7) is 0.188. The minimum Gasteiger partial charge on any atom is -0.397 e. The maximum absolute atomic E-state index is 12.0. The van der Waals surface area contributed by atoms with E-state index in [9.17, 15) is 9.90 Å². The Morgan fingerprint density at radius 1 is 1.45 bits per heavy atom. The highest BCUT2D eigenvalue weighted by molar-refractivity contribution is 5.95. The van der Waals surface area contributed by atoms with Gasteiger partial charge in [0.25, 0.3) is 5.91 Å². The van der Waals surface area contributed by atoms with E-state index in [0.29, 0.717) is 11.3 Å². The summed E-state index contributed by atoms with van der Waals surface area (Å²) >= 11 is 0. The average molecular weight is 277 g/mol. The van der Waals surface area contributed by atoms with Gasteiger partial charge in [0.15, 0.2) is 0 Å². The molecule has 5 nitrogen and oxygen atoms in total. The van der Waals surface area contributed by atoms with Crippen molar-refractivity contribution in [3.8, 4) is 0 Å². The topological polar surface area (TPSA) is 78.6 Å². The van der Waals surface area contributed by atoms with Crippen LogP contribution in [0.3, 0.4) is 0 Å². The van der Waals surface area contributed by atoms with Crippen LogP contribution in [0.1, 0.15) is 29.6 Å². The normalized spacial score (nSPS) is 21.8. The molecule has 1 fully saturated rings. The quantitative estimate of drug-likeness (QED) is 0.730. The Bertz CT molecular complexity index is 488. The van der Waals surface area contributed by atoms with Crippen LogP contribution in [-0.2, 0) is 0 Å². The van der Waals surface area contributed by atoms with Crippen LogP contribution >= 0.6 is 0 Å². The van der Waals surface area contributed by atoms with Gasteiger partial charge in [-0.25, -0.2) is 0 Å². The number of benzene rings is 1. The minimum absolute atomic E-state index is 0.0434. The molecule has 5 heteroatoms. The van der Waals surface area contributed by atoms with Crippen molar-refractivity contribution in [2.24, 2.45) is 5.92 Å². The number of anilines is 2. The molecule has 2 rings (SSSR count). The second-order valence-corrected chi connectivity index (χ2v) is 5.63. The first-order valence-corrected chi connectivity index (χ1v) is 7.01. The lowest BCUT2D eigenvalue weighted by atomic mass is 10.0. The third-order valence-corrected chi connectivity index (χ3v) is 3.94. The minimum atomic E-state index is -0.0434. The zero-order valence-electron chi connectivity index (χ0n) is 12.1. The Hall–Kier alpha value is -1.75. The summed E-state index contributed by atoms with van der Waals surface area (Å²) in [6, 6.07) is 5.51. The van der Waals surface area contributed by atoms with E-state index in [1.165, 1.54) is 0 Å². The molecule has 1 aliphatic rings. The summed E-state index contributed by atoms with van der Waals surface area (Å²) in [7, 11) is 3.45. The van der Waals surface area contributed by atoms with Gasteiger partial charge in [0.2, 0.25) is 0 Å². The standard InChI is InChI=1S/C15H23N3O2/c1-18(2)15(20)10-6-7-12(16)14(8-10)17-13-5-3-4-11(13)9-19/h6-8,11,13,17,19H,3-5,9,16H2,1-2H3. The van der Waals surface area contributed by atoms with Gasteiger partial charge in [0.05, 0.1) is 11.4 Å². The summed E-state index contributed by atoms with van der Waals surface area (Å²) in [6.07, 6.45) is 3.17. The van der Waals surface area contributed by atoms with Crippen LogP contribution in [0.2, 0.25) is 0 Å². The Kier molecular flexibility index (Phi) is 4.49. The fourth-order valence-electron chi connectivity index (χ4n) is 2.72. The molecular weight excluding hydrogens is 254 g/mol. The van der Waals surface area contributed by atoms with Crippen LogP contribution in [0.5, 0.6) is 0 Å². The predicted octanol–water partition coefficient (Wildman–Crippen LogP) is 1.54. The smallest absolute Gasteiger partial charge is 0.253 e. The monoisotopic (exact) mass is 277 g/mol. The fourth-order valence-corrected chi connectivity index (χ4v) is 2.72. The summed E-state index contributed by atoms with van der Waals surface area (Å²) < 4.78 is 0. The fraction of sp³-hybridized carbons (Fsp3) is 0.533. The van der Waals surface area contributed by atoms with Gasteiger partial charge in [0, 0.05) is 38.2 Å². The third-order valence-electron chi connectivity index (χ3n) is 3.94. The zero-order valence-corrected chi connectivity index (χ0v) is 12.1. The average Bonchev–Trinajstić information content (AvgIpc) is 2.87. The van der Waals surface area contributed by atoms with Crippen LogP contribution in [0.25, 0.3) is 0 Å². The molecule has 0 spiro atoms. The lowest BCUT2D eigenvalue weighted by Crippen LogP contribution is -2.27. The molecule has 2 unspecified atom stereocenters. The van der Waals surface area contributed by atoms with Crippen molar-refractivity contribution in [3.05, 3.63) is 23.8 Å². The van der Waals surface area contributed by atoms with Crippen molar-refractivity contribution >= 4 is 17.3 Å². The molecule has 0 aromatic heterocycles. The van der Waals surface area contributed by atoms with E-state index in [0.717, 1.165) is 24.9 Å². The lowest BCUT2D eigenvalue weighted by molar-refractivity contribution is 0.0827. The molecule has 1 amide bonds. The van der Waals surface area contributed by atoms with Crippen molar-refractivity contribution in [1.29, 1.82) is 0 Å². The summed E-state index contributed by atoms with van der Waals surface area (Å²) in [5, 5.41) is 12.8. The number of carbonyl (C=O) groups excluding carboxylic acids is 1. The van der Waals surface area contributed by atoms with Crippen molar-refractivity contribution in [2.45, 2.75) is 25.3 Å². The molecule has 2 atom stereocenters. The Labute approximate surface area is 119 Å². The number of nitrogens with two attached hydrogens (primary N) is 1. The summed E-state index contributed by atoms with van der Waals surface area (Å²) in [5.74, 6) is 0.223. The molecule has 0 saturated heterocycles. The largest absolute Gasteiger partial charge is 0.397 e. The number of aliphatic hydroxyl groups is 1. The maximum atomic E-state index is 12.0. The van der Waals surface area contributed by atoms with E-state index < -0.39 is 0 Å². The van der Waals surface area contributed by atoms with Crippen LogP contribution in [0.4, 0.5) is 11.4 Å². The predicted molar refractivity (Wildman–Crippen MR) is 80.7 cm³/mol. The number of aliphatic hydroxyl groups excluding tert-OH is 1. The molecule has 1 saturated carbocycles. The van der Waals surface area contributed by atoms with Crippen molar-refractivity contribution in [1.82, 2.24) is 4.90 Å². The Morgan fingerprint density at radius 3 is 2.85 bits per heavy atom. The number of hydrogen-bond acceptors (Lipinski definition) is 4. The number of rotatable bonds is 4. The number of carbonyl (C=O) groups is 1. The van der Waals surface area contributed by atoms with Gasteiger partial charge in [-0.15, -0.1) is 0 Å². The second-order valence-electron chi connectivity index (χ2n) is 5.63. The number of hydrogen-bond donors (Lipinski definition) is 3. The molecular formula is C15H23N3O2. The highest BCUT2D eigenvalue weighted by atomic mass is 16.3. The SMILES string of the molecule is CN(C)C(=O)c1ccc(N)c(NC2CCCC2CO)c1. The molecule has 0 aliphatic heterocycles. The zero-order chi connectivity index (χ0) is 14.7. The first-order chi connectivity index (χ1) is 9.52. The van der Waals surface area contributed by atoms with E-state index in [4.69, 9.17) is 5.73 Å². The molecule has 20 heavy (non-hydrogen) atoms. The van der Waals surface area contributed by atoms with Crippen LogP contribution in [-0.4, -0.2) is 42.7 Å². The lowest BCUT2D eigenvalue weighted by Gasteiger charge is -2.22. The van der Waals surface area contributed by atoms with E-state index in [1.807, 2.05) is 0 Å². The summed E-state index contributed by atoms with van der Waals surface area (Å²) in [4.78, 5) is 13.5. The summed E-state index contributed by atoms with van der Waals surface area (Å²) in [5.41, 5.74) is 8.01. The second kappa shape index (κ2) is 6.13. The van der Waals surface area contributed by atoms with Gasteiger partial charge in [-0.05, 0) is 31.0 Å². The number of nitrogens with one attached hydrogen (secondary N) is 1. The van der Waals surface area contributed by atoms with Crippen molar-refractivity contribution < 1.29 is 9.90 Å². The van der Waals surface area contributed by atoms with Crippen LogP contribution in [0.15, 0.2) is 18.2 Å². The van der Waals surface area contributed by atoms with E-state index in [1.54, 1.807) is 37.2 Å². The molecule has 4 N–H and O–H groups in total. The maximum Gasteiger partial charge on any atom is 0.253 e. The molecule has 0 heterocycles. The molecule has 1 aromatic rings. The molecule has 0 bridgehead atoms. The first kappa shape index (κ1) is 14.7. The highest BCUT2D eigenvalue weighted by Crippen LogP contribution is 2.30. The highest BCUT2D eigenvalue weighted by Gasteiger charge is 2.27. The molecule has 110 valence electrons. The van der Waals surface area contributed by atoms with Crippen molar-refractivity contribution in [2.75, 3.05) is 31.8 Å². The number of nitrogens with zero attached hydrogens (tertiary/aromatic N) is 1. The van der Waals surface area contributed by atoms with Crippen molar-refractivity contribution in [3.63, 3.8) is 0 Å². The molecule has 1 aromatic carbocycles. The van der Waals surface area contributed by atoms with E-state index in [2.05, 4.69) is 5.32 Å². The van der Waals surface area contributed by atoms with Gasteiger partial charge in [-0.1, -0.05) is 6.42 Å². The van der Waals surface area contributed by atoms with E-state index in [-0.39, 0.29) is 24.5 Å². The van der Waals surface area contributed by atoms with Crippen LogP contribution < -0.4 is 11.1 Å².